The smallest absolute Gasteiger partial charge is 0.338 e. The van der Waals surface area contributed by atoms with E-state index in [1.807, 2.05) is 0 Å². The van der Waals surface area contributed by atoms with Gasteiger partial charge < -0.3 is 14.7 Å². The van der Waals surface area contributed by atoms with E-state index in [1.165, 1.54) is 26.4 Å². The van der Waals surface area contributed by atoms with Crippen LogP contribution >= 0.6 is 0 Å². The number of carbonyl (C=O) groups excluding carboxylic acids is 1. The van der Waals surface area contributed by atoms with E-state index in [1.54, 1.807) is 6.92 Å². The molecule has 0 aliphatic carbocycles. The molecule has 1 aromatic carbocycles. The van der Waals surface area contributed by atoms with E-state index in [2.05, 4.69) is 4.74 Å². The van der Waals surface area contributed by atoms with Crippen molar-refractivity contribution >= 4 is 11.7 Å². The van der Waals surface area contributed by atoms with Gasteiger partial charge in [-0.3, -0.25) is 0 Å². The zero-order valence-electron chi connectivity index (χ0n) is 9.23. The van der Waals surface area contributed by atoms with Gasteiger partial charge in [-0.1, -0.05) is 0 Å². The summed E-state index contributed by atoms with van der Waals surface area (Å²) in [4.78, 5) is 11.4. The first kappa shape index (κ1) is 12.4. The lowest BCUT2D eigenvalue weighted by atomic mass is 10.1. The summed E-state index contributed by atoms with van der Waals surface area (Å²) in [7, 11) is 2.62. The minimum Gasteiger partial charge on any atom is -0.595 e. The van der Waals surface area contributed by atoms with Crippen LogP contribution in [0.1, 0.15) is 15.9 Å². The van der Waals surface area contributed by atoms with Crippen LogP contribution in [0.4, 0.5) is 5.69 Å². The second-order valence-electron chi connectivity index (χ2n) is 3.16. The van der Waals surface area contributed by atoms with Gasteiger partial charge in [-0.05, 0) is 18.6 Å². The molecule has 16 heavy (non-hydrogen) atoms. The predicted molar refractivity (Wildman–Crippen MR) is 54.8 cm³/mol. The monoisotopic (exact) mass is 227 g/mol. The minimum atomic E-state index is -1.15. The number of methoxy groups -OCH3 is 2. The third-order valence-corrected chi connectivity index (χ3v) is 2.18. The van der Waals surface area contributed by atoms with Crippen molar-refractivity contribution < 1.29 is 24.7 Å². The molecular weight excluding hydrogens is 214 g/mol. The number of quaternary nitrogens is 1. The van der Waals surface area contributed by atoms with E-state index in [-0.39, 0.29) is 17.0 Å². The molecule has 1 aromatic rings. The SMILES string of the molecule is COC(=O)c1cc([NH+]([O-])O)c(OC)cc1C. The van der Waals surface area contributed by atoms with Gasteiger partial charge in [0.25, 0.3) is 0 Å². The van der Waals surface area contributed by atoms with Gasteiger partial charge in [0.15, 0.2) is 5.75 Å². The second-order valence-corrected chi connectivity index (χ2v) is 3.16. The van der Waals surface area contributed by atoms with Crippen LogP contribution in [-0.4, -0.2) is 25.4 Å². The van der Waals surface area contributed by atoms with Gasteiger partial charge in [-0.25, -0.2) is 10.0 Å². The number of rotatable bonds is 3. The molecule has 6 heteroatoms. The van der Waals surface area contributed by atoms with Crippen molar-refractivity contribution in [2.75, 3.05) is 14.2 Å². The van der Waals surface area contributed by atoms with Crippen LogP contribution in [0.25, 0.3) is 0 Å². The molecule has 2 N–H and O–H groups in total. The van der Waals surface area contributed by atoms with Crippen LogP contribution in [-0.2, 0) is 4.74 Å². The van der Waals surface area contributed by atoms with Crippen molar-refractivity contribution in [3.05, 3.63) is 28.5 Å². The number of hydrogen-bond acceptors (Lipinski definition) is 5. The minimum absolute atomic E-state index is 0.0616. The summed E-state index contributed by atoms with van der Waals surface area (Å²) in [6.07, 6.45) is 0. The molecule has 1 atom stereocenters. The third kappa shape index (κ3) is 2.30. The molecule has 0 aliphatic rings. The van der Waals surface area contributed by atoms with Crippen LogP contribution in [0.3, 0.4) is 0 Å². The van der Waals surface area contributed by atoms with E-state index in [0.717, 1.165) is 0 Å². The fraction of sp³-hybridized carbons (Fsp3) is 0.300. The molecule has 0 radical (unpaired) electrons. The fourth-order valence-electron chi connectivity index (χ4n) is 1.35. The van der Waals surface area contributed by atoms with E-state index in [9.17, 15) is 10.0 Å². The van der Waals surface area contributed by atoms with Crippen LogP contribution in [0.15, 0.2) is 12.1 Å². The largest absolute Gasteiger partial charge is 0.595 e. The van der Waals surface area contributed by atoms with Crippen LogP contribution < -0.4 is 9.96 Å². The van der Waals surface area contributed by atoms with E-state index >= 15 is 0 Å². The third-order valence-electron chi connectivity index (χ3n) is 2.18. The molecule has 0 spiro atoms. The van der Waals surface area contributed by atoms with Gasteiger partial charge in [0, 0.05) is 6.07 Å². The predicted octanol–water partition coefficient (Wildman–Crippen LogP) is 0.194. The molecule has 0 bridgehead atoms. The molecule has 0 fully saturated rings. The average molecular weight is 227 g/mol. The van der Waals surface area contributed by atoms with Gasteiger partial charge in [0.1, 0.15) is 0 Å². The first-order valence-corrected chi connectivity index (χ1v) is 4.51. The molecule has 1 unspecified atom stereocenters. The highest BCUT2D eigenvalue weighted by Crippen LogP contribution is 2.25. The van der Waals surface area contributed by atoms with Crippen molar-refractivity contribution in [2.45, 2.75) is 6.92 Å². The maximum absolute atomic E-state index is 11.4. The maximum Gasteiger partial charge on any atom is 0.338 e. The average Bonchev–Trinajstić information content (AvgIpc) is 2.27. The number of aryl methyl sites for hydroxylation is 1. The Balaban J connectivity index is 3.33. The lowest BCUT2D eigenvalue weighted by Gasteiger charge is -2.16. The summed E-state index contributed by atoms with van der Waals surface area (Å²) in [5.41, 5.74) is 0.767. The lowest BCUT2D eigenvalue weighted by Crippen LogP contribution is -2.99. The van der Waals surface area contributed by atoms with Gasteiger partial charge in [0.2, 0.25) is 5.69 Å². The molecule has 0 amide bonds. The normalized spacial score (nSPS) is 12.1. The van der Waals surface area contributed by atoms with Crippen molar-refractivity contribution in [1.82, 2.24) is 0 Å². The molecule has 0 aromatic heterocycles. The molecule has 6 nitrogen and oxygen atoms in total. The topological polar surface area (TPSA) is 83.3 Å². The van der Waals surface area contributed by atoms with Crippen molar-refractivity contribution in [3.8, 4) is 5.75 Å². The Hall–Kier alpha value is -1.63. The number of benzene rings is 1. The Morgan fingerprint density at radius 2 is 2.06 bits per heavy atom. The quantitative estimate of drug-likeness (QED) is 0.569. The first-order chi connectivity index (χ1) is 7.51. The fourth-order valence-corrected chi connectivity index (χ4v) is 1.35. The van der Waals surface area contributed by atoms with Gasteiger partial charge in [0.05, 0.1) is 19.8 Å². The Bertz CT molecular complexity index is 402. The summed E-state index contributed by atoms with van der Waals surface area (Å²) in [6, 6.07) is 2.75. The highest BCUT2D eigenvalue weighted by atomic mass is 16.8. The standard InChI is InChI=1S/C10H13NO5/c1-6-4-9(15-2)8(11(13)14)5-7(6)10(12)16-3/h4-5,11,13H,1-3H3. The van der Waals surface area contributed by atoms with E-state index in [0.29, 0.717) is 5.56 Å². The van der Waals surface area contributed by atoms with Crippen molar-refractivity contribution in [1.29, 1.82) is 0 Å². The highest BCUT2D eigenvalue weighted by Gasteiger charge is 2.18. The summed E-state index contributed by atoms with van der Waals surface area (Å²) < 4.78 is 9.48. The van der Waals surface area contributed by atoms with Crippen molar-refractivity contribution in [2.24, 2.45) is 0 Å². The van der Waals surface area contributed by atoms with E-state index in [4.69, 9.17) is 9.94 Å². The van der Waals surface area contributed by atoms with Gasteiger partial charge >= 0.3 is 5.97 Å². The van der Waals surface area contributed by atoms with Crippen LogP contribution in [0.2, 0.25) is 0 Å². The Morgan fingerprint density at radius 3 is 2.50 bits per heavy atom. The van der Waals surface area contributed by atoms with E-state index < -0.39 is 11.2 Å². The summed E-state index contributed by atoms with van der Waals surface area (Å²) in [6.45, 7) is 1.68. The summed E-state index contributed by atoms with van der Waals surface area (Å²) in [5, 5.41) is 18.7. The Morgan fingerprint density at radius 1 is 1.44 bits per heavy atom. The molecule has 0 heterocycles. The molecule has 0 saturated carbocycles. The summed E-state index contributed by atoms with van der Waals surface area (Å²) >= 11 is 0. The van der Waals surface area contributed by atoms with Gasteiger partial charge in [-0.2, -0.15) is 5.23 Å². The number of ether oxygens (including phenoxy) is 2. The lowest BCUT2D eigenvalue weighted by molar-refractivity contribution is -0.991. The van der Waals surface area contributed by atoms with Crippen LogP contribution in [0, 0.1) is 12.1 Å². The molecule has 1 rings (SSSR count). The number of nitrogens with one attached hydrogen (secondary N) is 1. The van der Waals surface area contributed by atoms with Gasteiger partial charge in [-0.15, -0.1) is 0 Å². The Labute approximate surface area is 92.5 Å². The highest BCUT2D eigenvalue weighted by molar-refractivity contribution is 5.92. The summed E-state index contributed by atoms with van der Waals surface area (Å²) in [5.74, 6) is -0.347. The number of esters is 1. The number of carbonyl (C=O) groups is 1. The number of hydrogen-bond donors (Lipinski definition) is 2. The molecule has 0 saturated heterocycles. The molecule has 0 aliphatic heterocycles. The maximum atomic E-state index is 11.4. The second kappa shape index (κ2) is 4.93. The Kier molecular flexibility index (Phi) is 3.83. The van der Waals surface area contributed by atoms with Crippen molar-refractivity contribution in [3.63, 3.8) is 0 Å². The zero-order chi connectivity index (χ0) is 12.3. The molecular formula is C10H13NO5. The molecule has 88 valence electrons. The van der Waals surface area contributed by atoms with Crippen LogP contribution in [0.5, 0.6) is 5.75 Å². The first-order valence-electron chi connectivity index (χ1n) is 4.51. The zero-order valence-corrected chi connectivity index (χ0v) is 9.23.